The molecule has 0 bridgehead atoms. The molecule has 0 radical (unpaired) electrons. The lowest BCUT2D eigenvalue weighted by molar-refractivity contribution is -0.149. The summed E-state index contributed by atoms with van der Waals surface area (Å²) in [6.45, 7) is 7.66. The summed E-state index contributed by atoms with van der Waals surface area (Å²) in [6, 6.07) is 0. The molecule has 4 atom stereocenters. The Labute approximate surface area is 143 Å². The first-order valence-electron chi connectivity index (χ1n) is 8.66. The highest BCUT2D eigenvalue weighted by Crippen LogP contribution is 2.34. The number of Topliss-reactive ketones (excluding diaryl/α,β-unsaturated/α-hetero) is 2. The number of esters is 2. The summed E-state index contributed by atoms with van der Waals surface area (Å²) in [5, 5.41) is 0. The van der Waals surface area contributed by atoms with E-state index in [1.165, 1.54) is 0 Å². The van der Waals surface area contributed by atoms with Crippen molar-refractivity contribution in [2.75, 3.05) is 13.2 Å². The third-order valence-electron chi connectivity index (χ3n) is 4.63. The Balaban J connectivity index is 2.63. The van der Waals surface area contributed by atoms with Gasteiger partial charge in [0.25, 0.3) is 0 Å². The molecule has 1 saturated carbocycles. The van der Waals surface area contributed by atoms with Gasteiger partial charge in [-0.3, -0.25) is 19.2 Å². The molecule has 24 heavy (non-hydrogen) atoms. The molecular weight excluding hydrogens is 312 g/mol. The number of ether oxygens (including phenoxy) is 2. The van der Waals surface area contributed by atoms with Crippen molar-refractivity contribution in [1.82, 2.24) is 0 Å². The zero-order valence-electron chi connectivity index (χ0n) is 15.0. The van der Waals surface area contributed by atoms with Gasteiger partial charge < -0.3 is 9.47 Å². The fourth-order valence-corrected chi connectivity index (χ4v) is 3.25. The monoisotopic (exact) mass is 340 g/mol. The molecule has 4 unspecified atom stereocenters. The van der Waals surface area contributed by atoms with Crippen LogP contribution in [-0.4, -0.2) is 36.7 Å². The lowest BCUT2D eigenvalue weighted by atomic mass is 9.70. The zero-order valence-corrected chi connectivity index (χ0v) is 15.0. The first-order valence-corrected chi connectivity index (χ1v) is 8.66. The molecule has 1 aliphatic rings. The molecule has 0 aliphatic heterocycles. The van der Waals surface area contributed by atoms with Crippen LogP contribution < -0.4 is 0 Å². The largest absolute Gasteiger partial charge is 0.466 e. The maximum atomic E-state index is 12.4. The first kappa shape index (κ1) is 20.3. The molecule has 1 aliphatic carbocycles. The SMILES string of the molecule is CCOC(=O)CC(C)C1CC(=O)C(C(C)CC(=O)OCC)CC1=O. The topological polar surface area (TPSA) is 86.7 Å². The maximum absolute atomic E-state index is 12.4. The molecular formula is C18H28O6. The van der Waals surface area contributed by atoms with E-state index in [2.05, 4.69) is 0 Å². The van der Waals surface area contributed by atoms with Gasteiger partial charge in [0, 0.05) is 37.5 Å². The third kappa shape index (κ3) is 5.73. The van der Waals surface area contributed by atoms with Crippen LogP contribution in [0.1, 0.15) is 53.4 Å². The Morgan fingerprint density at radius 3 is 1.50 bits per heavy atom. The van der Waals surface area contributed by atoms with Gasteiger partial charge in [0.2, 0.25) is 0 Å². The summed E-state index contributed by atoms with van der Waals surface area (Å²) >= 11 is 0. The Bertz CT molecular complexity index is 440. The Hall–Kier alpha value is -1.72. The second kappa shape index (κ2) is 9.55. The average molecular weight is 340 g/mol. The number of hydrogen-bond donors (Lipinski definition) is 0. The summed E-state index contributed by atoms with van der Waals surface area (Å²) in [6.07, 6.45) is 0.551. The number of rotatable bonds is 8. The Morgan fingerprint density at radius 2 is 1.21 bits per heavy atom. The van der Waals surface area contributed by atoms with Crippen LogP contribution >= 0.6 is 0 Å². The highest BCUT2D eigenvalue weighted by atomic mass is 16.5. The van der Waals surface area contributed by atoms with Crippen molar-refractivity contribution in [1.29, 1.82) is 0 Å². The van der Waals surface area contributed by atoms with E-state index in [1.54, 1.807) is 27.7 Å². The normalized spacial score (nSPS) is 23.5. The van der Waals surface area contributed by atoms with Crippen molar-refractivity contribution in [3.8, 4) is 0 Å². The van der Waals surface area contributed by atoms with Crippen LogP contribution in [0, 0.1) is 23.7 Å². The van der Waals surface area contributed by atoms with Crippen LogP contribution in [0.5, 0.6) is 0 Å². The fourth-order valence-electron chi connectivity index (χ4n) is 3.25. The molecule has 136 valence electrons. The van der Waals surface area contributed by atoms with E-state index in [1.807, 2.05) is 0 Å². The zero-order chi connectivity index (χ0) is 18.3. The van der Waals surface area contributed by atoms with Crippen molar-refractivity contribution >= 4 is 23.5 Å². The number of ketones is 2. The van der Waals surface area contributed by atoms with Crippen LogP contribution in [0.3, 0.4) is 0 Å². The maximum Gasteiger partial charge on any atom is 0.306 e. The smallest absolute Gasteiger partial charge is 0.306 e. The molecule has 0 N–H and O–H groups in total. The standard InChI is InChI=1S/C18H28O6/c1-5-23-17(21)7-11(3)13-9-16(20)14(10-15(13)19)12(4)8-18(22)24-6-2/h11-14H,5-10H2,1-4H3. The molecule has 1 fully saturated rings. The molecule has 0 aromatic carbocycles. The van der Waals surface area contributed by atoms with Crippen molar-refractivity contribution in [2.24, 2.45) is 23.7 Å². The van der Waals surface area contributed by atoms with E-state index in [0.717, 1.165) is 0 Å². The minimum Gasteiger partial charge on any atom is -0.466 e. The average Bonchev–Trinajstić information content (AvgIpc) is 2.49. The number of hydrogen-bond acceptors (Lipinski definition) is 6. The summed E-state index contributed by atoms with van der Waals surface area (Å²) in [4.78, 5) is 48.0. The summed E-state index contributed by atoms with van der Waals surface area (Å²) in [5.41, 5.74) is 0. The van der Waals surface area contributed by atoms with E-state index in [4.69, 9.17) is 9.47 Å². The van der Waals surface area contributed by atoms with E-state index in [0.29, 0.717) is 13.2 Å². The van der Waals surface area contributed by atoms with Crippen molar-refractivity contribution in [3.05, 3.63) is 0 Å². The highest BCUT2D eigenvalue weighted by Gasteiger charge is 2.40. The number of carbonyl (C=O) groups is 4. The van der Waals surface area contributed by atoms with Gasteiger partial charge in [-0.1, -0.05) is 13.8 Å². The van der Waals surface area contributed by atoms with Gasteiger partial charge in [0.15, 0.2) is 0 Å². The molecule has 0 aromatic heterocycles. The van der Waals surface area contributed by atoms with Crippen molar-refractivity contribution in [3.63, 3.8) is 0 Å². The predicted molar refractivity (Wildman–Crippen MR) is 87.1 cm³/mol. The molecule has 0 saturated heterocycles. The molecule has 0 heterocycles. The molecule has 6 nitrogen and oxygen atoms in total. The molecule has 6 heteroatoms. The van der Waals surface area contributed by atoms with Crippen LogP contribution in [0.2, 0.25) is 0 Å². The quantitative estimate of drug-likeness (QED) is 0.630. The fraction of sp³-hybridized carbons (Fsp3) is 0.778. The van der Waals surface area contributed by atoms with E-state index in [-0.39, 0.29) is 61.0 Å². The predicted octanol–water partition coefficient (Wildman–Crippen LogP) is 2.33. The lowest BCUT2D eigenvalue weighted by Crippen LogP contribution is -2.39. The summed E-state index contributed by atoms with van der Waals surface area (Å²) < 4.78 is 9.81. The summed E-state index contributed by atoms with van der Waals surface area (Å²) in [7, 11) is 0. The van der Waals surface area contributed by atoms with E-state index < -0.39 is 11.8 Å². The van der Waals surface area contributed by atoms with Gasteiger partial charge >= 0.3 is 11.9 Å². The lowest BCUT2D eigenvalue weighted by Gasteiger charge is -2.32. The highest BCUT2D eigenvalue weighted by molar-refractivity contribution is 5.97. The Morgan fingerprint density at radius 1 is 0.875 bits per heavy atom. The van der Waals surface area contributed by atoms with E-state index in [9.17, 15) is 19.2 Å². The Kier molecular flexibility index (Phi) is 8.08. The van der Waals surface area contributed by atoms with Crippen LogP contribution in [0.15, 0.2) is 0 Å². The second-order valence-electron chi connectivity index (χ2n) is 6.53. The second-order valence-corrected chi connectivity index (χ2v) is 6.53. The molecule has 0 aromatic rings. The van der Waals surface area contributed by atoms with Crippen LogP contribution in [0.25, 0.3) is 0 Å². The first-order chi connectivity index (χ1) is 11.3. The molecule has 1 rings (SSSR count). The molecule has 0 spiro atoms. The third-order valence-corrected chi connectivity index (χ3v) is 4.63. The van der Waals surface area contributed by atoms with Gasteiger partial charge in [0.05, 0.1) is 13.2 Å². The molecule has 0 amide bonds. The minimum absolute atomic E-state index is 0.00731. The van der Waals surface area contributed by atoms with Crippen molar-refractivity contribution < 1.29 is 28.7 Å². The number of carbonyl (C=O) groups excluding carboxylic acids is 4. The van der Waals surface area contributed by atoms with E-state index >= 15 is 0 Å². The summed E-state index contributed by atoms with van der Waals surface area (Å²) in [5.74, 6) is -2.02. The minimum atomic E-state index is -0.437. The van der Waals surface area contributed by atoms with Gasteiger partial charge in [-0.25, -0.2) is 0 Å². The van der Waals surface area contributed by atoms with Crippen LogP contribution in [-0.2, 0) is 28.7 Å². The van der Waals surface area contributed by atoms with Crippen LogP contribution in [0.4, 0.5) is 0 Å². The van der Waals surface area contributed by atoms with Gasteiger partial charge in [-0.15, -0.1) is 0 Å². The van der Waals surface area contributed by atoms with Gasteiger partial charge in [0.1, 0.15) is 11.6 Å². The van der Waals surface area contributed by atoms with Gasteiger partial charge in [-0.2, -0.15) is 0 Å². The van der Waals surface area contributed by atoms with Crippen molar-refractivity contribution in [2.45, 2.75) is 53.4 Å². The van der Waals surface area contributed by atoms with Gasteiger partial charge in [-0.05, 0) is 25.7 Å².